The van der Waals surface area contributed by atoms with Gasteiger partial charge in [0.1, 0.15) is 0 Å². The predicted molar refractivity (Wildman–Crippen MR) is 66.4 cm³/mol. The standard InChI is InChI=1S/C10H24O3Si2/c1-2-3-4-5-6-7-8-9-10-15-12-11-14-13-15/h15H,2-10,14H2,1H3. The second kappa shape index (κ2) is 9.53. The Labute approximate surface area is 97.3 Å². The van der Waals surface area contributed by atoms with E-state index in [0.29, 0.717) is 0 Å². The van der Waals surface area contributed by atoms with Crippen LogP contribution in [0.5, 0.6) is 0 Å². The lowest BCUT2D eigenvalue weighted by Gasteiger charge is -2.04. The van der Waals surface area contributed by atoms with Crippen LogP contribution in [0, 0.1) is 0 Å². The average molecular weight is 248 g/mol. The Bertz CT molecular complexity index is 141. The van der Waals surface area contributed by atoms with Crippen LogP contribution in [0.25, 0.3) is 0 Å². The van der Waals surface area contributed by atoms with Gasteiger partial charge in [-0.3, -0.25) is 9.15 Å². The van der Waals surface area contributed by atoms with Gasteiger partial charge in [-0.05, 0) is 6.04 Å². The molecule has 1 fully saturated rings. The van der Waals surface area contributed by atoms with Crippen molar-refractivity contribution in [2.24, 2.45) is 0 Å². The summed E-state index contributed by atoms with van der Waals surface area (Å²) in [6.45, 7) is 2.26. The highest BCUT2D eigenvalue weighted by Crippen LogP contribution is 2.13. The third-order valence-electron chi connectivity index (χ3n) is 2.77. The van der Waals surface area contributed by atoms with Gasteiger partial charge >= 0.3 is 19.3 Å². The second-order valence-corrected chi connectivity index (χ2v) is 7.63. The molecule has 1 atom stereocenters. The molecule has 1 aliphatic rings. The van der Waals surface area contributed by atoms with Gasteiger partial charge in [-0.15, -0.1) is 0 Å². The Hall–Kier alpha value is 0.314. The molecule has 1 saturated heterocycles. The van der Waals surface area contributed by atoms with E-state index in [9.17, 15) is 0 Å². The summed E-state index contributed by atoms with van der Waals surface area (Å²) in [5, 5.41) is 0. The fourth-order valence-corrected chi connectivity index (χ4v) is 5.08. The topological polar surface area (TPSA) is 27.7 Å². The van der Waals surface area contributed by atoms with E-state index in [4.69, 9.17) is 13.3 Å². The molecular formula is C10H24O3Si2. The molecule has 1 rings (SSSR count). The zero-order valence-electron chi connectivity index (χ0n) is 9.87. The molecule has 0 aromatic carbocycles. The molecule has 0 N–H and O–H groups in total. The number of unbranched alkanes of at least 4 members (excludes halogenated alkanes) is 7. The van der Waals surface area contributed by atoms with Crippen molar-refractivity contribution in [1.82, 2.24) is 0 Å². The molecule has 0 saturated carbocycles. The summed E-state index contributed by atoms with van der Waals surface area (Å²) in [6, 6.07) is 1.14. The maximum absolute atomic E-state index is 5.45. The Morgan fingerprint density at radius 3 is 2.20 bits per heavy atom. The van der Waals surface area contributed by atoms with Gasteiger partial charge in [0, 0.05) is 0 Å². The van der Waals surface area contributed by atoms with E-state index < -0.39 is 19.3 Å². The minimum atomic E-state index is -1.31. The van der Waals surface area contributed by atoms with Gasteiger partial charge in [0.25, 0.3) is 0 Å². The molecule has 1 heterocycles. The summed E-state index contributed by atoms with van der Waals surface area (Å²) in [7, 11) is -2.03. The fraction of sp³-hybridized carbons (Fsp3) is 1.00. The van der Waals surface area contributed by atoms with Crippen LogP contribution in [-0.4, -0.2) is 19.3 Å². The van der Waals surface area contributed by atoms with E-state index in [0.717, 1.165) is 6.04 Å². The molecule has 5 heteroatoms. The Morgan fingerprint density at radius 1 is 0.933 bits per heavy atom. The van der Waals surface area contributed by atoms with Crippen molar-refractivity contribution in [3.63, 3.8) is 0 Å². The first-order chi connectivity index (χ1) is 7.43. The summed E-state index contributed by atoms with van der Waals surface area (Å²) < 4.78 is 15.4. The molecule has 1 unspecified atom stereocenters. The van der Waals surface area contributed by atoms with Crippen LogP contribution < -0.4 is 0 Å². The number of hydrogen-bond donors (Lipinski definition) is 0. The van der Waals surface area contributed by atoms with Crippen molar-refractivity contribution in [3.05, 3.63) is 0 Å². The molecule has 90 valence electrons. The molecule has 0 aliphatic carbocycles. The van der Waals surface area contributed by atoms with Crippen LogP contribution in [0.4, 0.5) is 0 Å². The third kappa shape index (κ3) is 7.24. The van der Waals surface area contributed by atoms with E-state index >= 15 is 0 Å². The fourth-order valence-electron chi connectivity index (χ4n) is 1.81. The largest absolute Gasteiger partial charge is 0.418 e. The molecule has 0 aromatic heterocycles. The highest BCUT2D eigenvalue weighted by atomic mass is 28.4. The summed E-state index contributed by atoms with van der Waals surface area (Å²) in [5.74, 6) is 0. The van der Waals surface area contributed by atoms with Gasteiger partial charge in [0.05, 0.1) is 0 Å². The summed E-state index contributed by atoms with van der Waals surface area (Å²) in [4.78, 5) is 0. The van der Waals surface area contributed by atoms with Crippen molar-refractivity contribution >= 4 is 19.3 Å². The Kier molecular flexibility index (Phi) is 8.50. The van der Waals surface area contributed by atoms with Gasteiger partial charge < -0.3 is 4.12 Å². The molecular weight excluding hydrogens is 224 g/mol. The van der Waals surface area contributed by atoms with E-state index in [1.807, 2.05) is 0 Å². The molecule has 0 spiro atoms. The third-order valence-corrected chi connectivity index (χ3v) is 6.54. The zero-order chi connectivity index (χ0) is 10.8. The van der Waals surface area contributed by atoms with E-state index in [2.05, 4.69) is 6.92 Å². The average Bonchev–Trinajstić information content (AvgIpc) is 2.75. The normalized spacial score (nSPS) is 22.6. The minimum Gasteiger partial charge on any atom is -0.418 e. The van der Waals surface area contributed by atoms with Crippen LogP contribution in [0.2, 0.25) is 6.04 Å². The molecule has 0 bridgehead atoms. The van der Waals surface area contributed by atoms with Crippen LogP contribution in [0.1, 0.15) is 58.3 Å². The summed E-state index contributed by atoms with van der Waals surface area (Å²) >= 11 is 0. The van der Waals surface area contributed by atoms with Crippen molar-refractivity contribution in [1.29, 1.82) is 0 Å². The molecule has 0 amide bonds. The van der Waals surface area contributed by atoms with Gasteiger partial charge in [-0.25, -0.2) is 0 Å². The zero-order valence-corrected chi connectivity index (χ0v) is 12.4. The quantitative estimate of drug-likeness (QED) is 0.356. The van der Waals surface area contributed by atoms with Gasteiger partial charge in [-0.1, -0.05) is 58.3 Å². The van der Waals surface area contributed by atoms with Crippen molar-refractivity contribution in [2.45, 2.75) is 64.3 Å². The molecule has 0 aromatic rings. The van der Waals surface area contributed by atoms with Gasteiger partial charge in [0.2, 0.25) is 0 Å². The molecule has 1 aliphatic heterocycles. The molecule has 3 nitrogen and oxygen atoms in total. The first-order valence-electron chi connectivity index (χ1n) is 6.33. The van der Waals surface area contributed by atoms with Gasteiger partial charge in [0.15, 0.2) is 0 Å². The highest BCUT2D eigenvalue weighted by molar-refractivity contribution is 6.53. The number of hydrogen-bond acceptors (Lipinski definition) is 3. The highest BCUT2D eigenvalue weighted by Gasteiger charge is 2.20. The monoisotopic (exact) mass is 248 g/mol. The van der Waals surface area contributed by atoms with Crippen LogP contribution in [-0.2, 0) is 13.3 Å². The summed E-state index contributed by atoms with van der Waals surface area (Å²) in [6.07, 6.45) is 11.0. The van der Waals surface area contributed by atoms with E-state index in [-0.39, 0.29) is 0 Å². The SMILES string of the molecule is CCCCCCCCCC[SiH]1OO[SiH2]O1. The van der Waals surface area contributed by atoms with Crippen molar-refractivity contribution in [2.75, 3.05) is 0 Å². The lowest BCUT2D eigenvalue weighted by Crippen LogP contribution is -2.13. The van der Waals surface area contributed by atoms with E-state index in [1.54, 1.807) is 0 Å². The van der Waals surface area contributed by atoms with Crippen LogP contribution in [0.3, 0.4) is 0 Å². The van der Waals surface area contributed by atoms with E-state index in [1.165, 1.54) is 51.4 Å². The lowest BCUT2D eigenvalue weighted by molar-refractivity contribution is -0.0927. The predicted octanol–water partition coefficient (Wildman–Crippen LogP) is 2.32. The van der Waals surface area contributed by atoms with Gasteiger partial charge in [-0.2, -0.15) is 0 Å². The van der Waals surface area contributed by atoms with Crippen LogP contribution in [0.15, 0.2) is 0 Å². The Balaban J connectivity index is 1.73. The van der Waals surface area contributed by atoms with Crippen molar-refractivity contribution < 1.29 is 13.3 Å². The lowest BCUT2D eigenvalue weighted by atomic mass is 10.1. The smallest absolute Gasteiger partial charge is 0.349 e. The molecule has 15 heavy (non-hydrogen) atoms. The minimum absolute atomic E-state index is 0.718. The first kappa shape index (κ1) is 13.4. The van der Waals surface area contributed by atoms with Crippen LogP contribution >= 0.6 is 0 Å². The summed E-state index contributed by atoms with van der Waals surface area (Å²) in [5.41, 5.74) is 0. The van der Waals surface area contributed by atoms with Crippen molar-refractivity contribution in [3.8, 4) is 0 Å². The Morgan fingerprint density at radius 2 is 1.60 bits per heavy atom. The molecule has 0 radical (unpaired) electrons. The first-order valence-corrected chi connectivity index (χ1v) is 9.24. The maximum Gasteiger partial charge on any atom is 0.349 e. The number of rotatable bonds is 9. The maximum atomic E-state index is 5.45. The second-order valence-electron chi connectivity index (χ2n) is 4.19.